The number of anilines is 1. The van der Waals surface area contributed by atoms with Crippen LogP contribution in [0.15, 0.2) is 18.2 Å². The molecule has 1 aromatic carbocycles. The van der Waals surface area contributed by atoms with Gasteiger partial charge in [-0.15, -0.1) is 10.2 Å². The van der Waals surface area contributed by atoms with E-state index in [0.29, 0.717) is 42.0 Å². The zero-order chi connectivity index (χ0) is 22.3. The number of aliphatic hydroxyl groups is 1. The largest absolute Gasteiger partial charge is 0.467 e. The van der Waals surface area contributed by atoms with Crippen molar-refractivity contribution in [3.63, 3.8) is 0 Å². The maximum absolute atomic E-state index is 11.3. The second-order valence-electron chi connectivity index (χ2n) is 8.28. The van der Waals surface area contributed by atoms with Crippen molar-refractivity contribution in [1.29, 1.82) is 0 Å². The molecule has 1 aliphatic carbocycles. The van der Waals surface area contributed by atoms with E-state index in [2.05, 4.69) is 20.4 Å². The molecule has 1 saturated heterocycles. The molecule has 1 aliphatic heterocycles. The number of carbonyl (C=O) groups excluding carboxylic acids is 1. The monoisotopic (exact) mass is 441 g/mol. The van der Waals surface area contributed by atoms with E-state index in [1.54, 1.807) is 12.1 Å². The highest BCUT2D eigenvalue weighted by atomic mass is 16.7. The first-order valence-corrected chi connectivity index (χ1v) is 11.4. The smallest absolute Gasteiger partial charge is 0.243 e. The zero-order valence-electron chi connectivity index (χ0n) is 18.5. The first-order chi connectivity index (χ1) is 15.7. The lowest BCUT2D eigenvalue weighted by molar-refractivity contribution is 0.0227. The first-order valence-electron chi connectivity index (χ1n) is 11.4. The van der Waals surface area contributed by atoms with Crippen molar-refractivity contribution in [3.05, 3.63) is 29.5 Å². The van der Waals surface area contributed by atoms with Crippen LogP contribution in [0.1, 0.15) is 54.6 Å². The van der Waals surface area contributed by atoms with Crippen LogP contribution in [0.3, 0.4) is 0 Å². The molecular formula is C23H31N5O4. The summed E-state index contributed by atoms with van der Waals surface area (Å²) in [6.07, 6.45) is 5.04. The fourth-order valence-corrected chi connectivity index (χ4v) is 4.05. The van der Waals surface area contributed by atoms with Crippen LogP contribution in [-0.2, 0) is 4.74 Å². The van der Waals surface area contributed by atoms with E-state index >= 15 is 0 Å². The van der Waals surface area contributed by atoms with Crippen LogP contribution in [0.2, 0.25) is 0 Å². The summed E-state index contributed by atoms with van der Waals surface area (Å²) >= 11 is 0. The maximum atomic E-state index is 11.3. The highest BCUT2D eigenvalue weighted by Crippen LogP contribution is 2.44. The Morgan fingerprint density at radius 2 is 2.16 bits per heavy atom. The van der Waals surface area contributed by atoms with Gasteiger partial charge in [0.2, 0.25) is 5.95 Å². The van der Waals surface area contributed by atoms with E-state index in [9.17, 15) is 9.90 Å². The van der Waals surface area contributed by atoms with Gasteiger partial charge in [0.15, 0.2) is 6.79 Å². The van der Waals surface area contributed by atoms with Gasteiger partial charge in [0, 0.05) is 42.8 Å². The third-order valence-electron chi connectivity index (χ3n) is 5.83. The van der Waals surface area contributed by atoms with Gasteiger partial charge in [-0.1, -0.05) is 6.07 Å². The van der Waals surface area contributed by atoms with E-state index in [1.807, 2.05) is 13.0 Å². The molecule has 2 N–H and O–H groups in total. The number of piperidine rings is 1. The summed E-state index contributed by atoms with van der Waals surface area (Å²) in [4.78, 5) is 18.4. The third kappa shape index (κ3) is 5.59. The number of hydrogen-bond donors (Lipinski definition) is 2. The van der Waals surface area contributed by atoms with Crippen LogP contribution in [0.4, 0.5) is 5.95 Å². The van der Waals surface area contributed by atoms with E-state index in [0.717, 1.165) is 56.3 Å². The van der Waals surface area contributed by atoms with Gasteiger partial charge in [0.25, 0.3) is 0 Å². The topological polar surface area (TPSA) is 110 Å². The number of aliphatic hydroxyl groups excluding tert-OH is 1. The van der Waals surface area contributed by atoms with Crippen LogP contribution in [0.5, 0.6) is 5.75 Å². The van der Waals surface area contributed by atoms with Crippen LogP contribution in [0.25, 0.3) is 11.3 Å². The van der Waals surface area contributed by atoms with Gasteiger partial charge in [0.05, 0.1) is 12.3 Å². The Labute approximate surface area is 188 Å². The molecule has 2 aromatic rings. The Morgan fingerprint density at radius 3 is 2.91 bits per heavy atom. The number of β-amino-alcohol motifs (C(OH)–C–C–N with tert-alkyl or cyclic N) is 1. The summed E-state index contributed by atoms with van der Waals surface area (Å²) < 4.78 is 11.1. The molecule has 4 rings (SSSR count). The average Bonchev–Trinajstić information content (AvgIpc) is 3.65. The predicted molar refractivity (Wildman–Crippen MR) is 120 cm³/mol. The molecule has 0 radical (unpaired) electrons. The lowest BCUT2D eigenvalue weighted by atomic mass is 10.0. The Kier molecular flexibility index (Phi) is 7.62. The number of rotatable bonds is 11. The van der Waals surface area contributed by atoms with Crippen molar-refractivity contribution in [2.24, 2.45) is 0 Å². The Balaban J connectivity index is 1.58. The van der Waals surface area contributed by atoms with Crippen LogP contribution < -0.4 is 10.1 Å². The molecule has 0 unspecified atom stereocenters. The average molecular weight is 442 g/mol. The molecule has 32 heavy (non-hydrogen) atoms. The van der Waals surface area contributed by atoms with Gasteiger partial charge in [0.1, 0.15) is 17.7 Å². The van der Waals surface area contributed by atoms with E-state index in [4.69, 9.17) is 14.5 Å². The van der Waals surface area contributed by atoms with Gasteiger partial charge < -0.3 is 19.9 Å². The predicted octanol–water partition coefficient (Wildman–Crippen LogP) is 2.47. The number of likely N-dealkylation sites (tertiary alicyclic amines) is 1. The van der Waals surface area contributed by atoms with Gasteiger partial charge in [-0.2, -0.15) is 0 Å². The number of benzene rings is 1. The van der Waals surface area contributed by atoms with E-state index < -0.39 is 0 Å². The van der Waals surface area contributed by atoms with Crippen LogP contribution in [-0.4, -0.2) is 77.2 Å². The number of nitrogens with one attached hydrogen (secondary N) is 1. The molecule has 9 nitrogen and oxygen atoms in total. The van der Waals surface area contributed by atoms with Crippen LogP contribution in [0, 0.1) is 0 Å². The lowest BCUT2D eigenvalue weighted by Gasteiger charge is -2.32. The van der Waals surface area contributed by atoms with Crippen molar-refractivity contribution < 1.29 is 19.4 Å². The summed E-state index contributed by atoms with van der Waals surface area (Å²) in [5.74, 6) is 1.42. The molecule has 0 amide bonds. The molecular weight excluding hydrogens is 410 g/mol. The molecule has 0 bridgehead atoms. The lowest BCUT2D eigenvalue weighted by Crippen LogP contribution is -2.43. The zero-order valence-corrected chi connectivity index (χ0v) is 18.5. The molecule has 2 aliphatic rings. The van der Waals surface area contributed by atoms with Crippen molar-refractivity contribution in [2.45, 2.75) is 44.6 Å². The van der Waals surface area contributed by atoms with Crippen molar-refractivity contribution in [3.8, 4) is 17.0 Å². The van der Waals surface area contributed by atoms with Crippen molar-refractivity contribution in [1.82, 2.24) is 20.1 Å². The minimum absolute atomic E-state index is 0.0943. The second-order valence-corrected chi connectivity index (χ2v) is 8.28. The summed E-state index contributed by atoms with van der Waals surface area (Å²) in [7, 11) is 0. The van der Waals surface area contributed by atoms with Gasteiger partial charge in [-0.3, -0.25) is 9.69 Å². The number of aldehydes is 1. The quantitative estimate of drug-likeness (QED) is 0.309. The number of nitrogens with zero attached hydrogens (tertiary/aromatic N) is 4. The summed E-state index contributed by atoms with van der Waals surface area (Å²) in [6.45, 7) is 5.24. The Bertz CT molecular complexity index is 919. The number of carbonyl (C=O) groups is 1. The van der Waals surface area contributed by atoms with E-state index in [-0.39, 0.29) is 19.4 Å². The van der Waals surface area contributed by atoms with E-state index in [1.165, 1.54) is 0 Å². The number of ether oxygens (including phenoxy) is 2. The van der Waals surface area contributed by atoms with Gasteiger partial charge in [-0.25, -0.2) is 4.98 Å². The van der Waals surface area contributed by atoms with Gasteiger partial charge in [-0.05, 0) is 51.3 Å². The first kappa shape index (κ1) is 22.6. The minimum atomic E-state index is 0.0943. The molecule has 9 heteroatoms. The molecule has 2 fully saturated rings. The third-order valence-corrected chi connectivity index (χ3v) is 5.83. The van der Waals surface area contributed by atoms with Gasteiger partial charge >= 0.3 is 0 Å². The fraction of sp³-hybridized carbons (Fsp3) is 0.565. The summed E-state index contributed by atoms with van der Waals surface area (Å²) in [6, 6.07) is 5.51. The molecule has 1 atom stereocenters. The summed E-state index contributed by atoms with van der Waals surface area (Å²) in [5.41, 5.74) is 2.88. The molecule has 1 aromatic heterocycles. The molecule has 1 saturated carbocycles. The Hall–Kier alpha value is -2.62. The summed E-state index contributed by atoms with van der Waals surface area (Å²) in [5, 5.41) is 21.6. The number of hydrogen-bond acceptors (Lipinski definition) is 9. The molecule has 0 spiro atoms. The number of aromatic nitrogens is 3. The highest BCUT2D eigenvalue weighted by Gasteiger charge is 2.31. The van der Waals surface area contributed by atoms with Crippen LogP contribution >= 0.6 is 0 Å². The minimum Gasteiger partial charge on any atom is -0.467 e. The highest BCUT2D eigenvalue weighted by molar-refractivity contribution is 5.80. The SMILES string of the molecule is CCOCOc1cc(C=O)ccc1-c1nnc(N[C@@H]2CCCN(CCO)C2)nc1C1CC1. The maximum Gasteiger partial charge on any atom is 0.243 e. The second kappa shape index (κ2) is 10.8. The standard InChI is InChI=1S/C23H31N5O4/c1-2-31-15-32-20-12-16(14-30)5-8-19(20)22-21(17-6-7-17)25-23(27-26-22)24-18-4-3-9-28(13-18)10-11-29/h5,8,12,14,17-18,29H,2-4,6-7,9-11,13,15H2,1H3,(H,24,25,27)/t18-/m1/s1. The Morgan fingerprint density at radius 1 is 1.28 bits per heavy atom. The van der Waals surface area contributed by atoms with Crippen molar-refractivity contribution in [2.75, 3.05) is 45.0 Å². The fourth-order valence-electron chi connectivity index (χ4n) is 4.05. The molecule has 2 heterocycles. The normalized spacial score (nSPS) is 19.0. The van der Waals surface area contributed by atoms with Crippen molar-refractivity contribution >= 4 is 12.2 Å². The molecule has 172 valence electrons.